The Morgan fingerprint density at radius 1 is 1.14 bits per heavy atom. The number of sulfone groups is 1. The zero-order valence-corrected chi connectivity index (χ0v) is 19.6. The first-order valence-electron chi connectivity index (χ1n) is 9.83. The largest absolute Gasteiger partial charge is 0.353 e. The lowest BCUT2D eigenvalue weighted by Gasteiger charge is -2.35. The molecule has 0 spiro atoms. The predicted molar refractivity (Wildman–Crippen MR) is 122 cm³/mol. The van der Waals surface area contributed by atoms with Crippen molar-refractivity contribution >= 4 is 40.6 Å². The Morgan fingerprint density at radius 3 is 2.21 bits per heavy atom. The molecule has 3 rings (SSSR count). The quantitative estimate of drug-likeness (QED) is 0.673. The Morgan fingerprint density at radius 2 is 1.69 bits per heavy atom. The van der Waals surface area contributed by atoms with Crippen molar-refractivity contribution in [3.05, 3.63) is 35.4 Å². The number of likely N-dealkylation sites (tertiary alicyclic amines) is 1. The van der Waals surface area contributed by atoms with Gasteiger partial charge in [0.15, 0.2) is 14.6 Å². The fourth-order valence-corrected chi connectivity index (χ4v) is 5.60. The molecule has 0 bridgehead atoms. The summed E-state index contributed by atoms with van der Waals surface area (Å²) in [6.45, 7) is 5.61. The number of benzene rings is 1. The molecule has 1 amide bonds. The van der Waals surface area contributed by atoms with Crippen LogP contribution in [0.3, 0.4) is 0 Å². The Balaban J connectivity index is 0.00000210. The zero-order valence-electron chi connectivity index (χ0n) is 17.1. The van der Waals surface area contributed by atoms with Crippen LogP contribution in [0.1, 0.15) is 42.9 Å². The van der Waals surface area contributed by atoms with Crippen molar-refractivity contribution in [2.75, 3.05) is 39.0 Å². The number of piperidine rings is 1. The molecule has 1 atom stereocenters. The van der Waals surface area contributed by atoms with Gasteiger partial charge in [0.25, 0.3) is 0 Å². The molecular formula is C20H33Cl2N3O3S. The summed E-state index contributed by atoms with van der Waals surface area (Å²) in [5.41, 5.74) is 2.37. The van der Waals surface area contributed by atoms with Crippen molar-refractivity contribution in [1.29, 1.82) is 0 Å². The van der Waals surface area contributed by atoms with Gasteiger partial charge in [-0.05, 0) is 64.3 Å². The Bertz CT molecular complexity index is 760. The van der Waals surface area contributed by atoms with Crippen molar-refractivity contribution in [2.24, 2.45) is 0 Å². The average Bonchev–Trinajstić information content (AvgIpc) is 3.17. The van der Waals surface area contributed by atoms with Crippen LogP contribution in [-0.4, -0.2) is 63.0 Å². The lowest BCUT2D eigenvalue weighted by atomic mass is 9.95. The van der Waals surface area contributed by atoms with Crippen LogP contribution in [0.15, 0.2) is 24.3 Å². The fourth-order valence-electron chi connectivity index (χ4n) is 4.25. The molecular weight excluding hydrogens is 433 g/mol. The molecule has 9 heteroatoms. The lowest BCUT2D eigenvalue weighted by molar-refractivity contribution is -0.124. The van der Waals surface area contributed by atoms with Crippen molar-refractivity contribution < 1.29 is 13.2 Å². The van der Waals surface area contributed by atoms with Gasteiger partial charge in [0.05, 0.1) is 6.04 Å². The summed E-state index contributed by atoms with van der Waals surface area (Å²) in [7, 11) is -3.49. The maximum Gasteiger partial charge on any atom is 0.241 e. The minimum Gasteiger partial charge on any atom is -0.353 e. The van der Waals surface area contributed by atoms with Gasteiger partial charge in [-0.3, -0.25) is 9.69 Å². The van der Waals surface area contributed by atoms with Gasteiger partial charge in [0.2, 0.25) is 5.91 Å². The smallest absolute Gasteiger partial charge is 0.241 e. The molecule has 0 aromatic heterocycles. The van der Waals surface area contributed by atoms with Crippen LogP contribution < -0.4 is 10.6 Å². The summed E-state index contributed by atoms with van der Waals surface area (Å²) in [4.78, 5) is 15.4. The second kappa shape index (κ2) is 11.0. The van der Waals surface area contributed by atoms with E-state index >= 15 is 0 Å². The monoisotopic (exact) mass is 465 g/mol. The first kappa shape index (κ1) is 26.2. The molecule has 6 nitrogen and oxygen atoms in total. The number of carbonyl (C=O) groups is 1. The van der Waals surface area contributed by atoms with Gasteiger partial charge in [0, 0.05) is 12.8 Å². The topological polar surface area (TPSA) is 78.5 Å². The molecule has 0 aliphatic carbocycles. The molecule has 2 N–H and O–H groups in total. The van der Waals surface area contributed by atoms with E-state index in [1.807, 2.05) is 0 Å². The van der Waals surface area contributed by atoms with Crippen LogP contribution in [0.25, 0.3) is 0 Å². The number of nitrogens with zero attached hydrogens (tertiary/aromatic N) is 1. The van der Waals surface area contributed by atoms with Gasteiger partial charge >= 0.3 is 0 Å². The molecule has 2 aliphatic rings. The molecule has 2 fully saturated rings. The van der Waals surface area contributed by atoms with E-state index in [9.17, 15) is 13.2 Å². The van der Waals surface area contributed by atoms with Gasteiger partial charge < -0.3 is 10.6 Å². The van der Waals surface area contributed by atoms with Crippen molar-refractivity contribution in [3.8, 4) is 0 Å². The Labute approximate surface area is 186 Å². The molecule has 1 unspecified atom stereocenters. The predicted octanol–water partition coefficient (Wildman–Crippen LogP) is 2.26. The summed E-state index contributed by atoms with van der Waals surface area (Å²) in [6, 6.07) is 8.48. The summed E-state index contributed by atoms with van der Waals surface area (Å²) in [5, 5.41) is 6.16. The first-order valence-corrected chi connectivity index (χ1v) is 11.7. The molecule has 1 aromatic carbocycles. The number of hydrogen-bond acceptors (Lipinski definition) is 5. The van der Waals surface area contributed by atoms with Crippen molar-refractivity contribution in [2.45, 2.75) is 43.4 Å². The Kier molecular flexibility index (Phi) is 9.89. The minimum atomic E-state index is -3.49. The number of rotatable bonds is 6. The highest BCUT2D eigenvalue weighted by Gasteiger charge is 2.48. The van der Waals surface area contributed by atoms with Crippen LogP contribution in [0.2, 0.25) is 0 Å². The van der Waals surface area contributed by atoms with Gasteiger partial charge in [-0.2, -0.15) is 0 Å². The minimum absolute atomic E-state index is 0. The molecule has 29 heavy (non-hydrogen) atoms. The summed E-state index contributed by atoms with van der Waals surface area (Å²) < 4.78 is 23.6. The highest BCUT2D eigenvalue weighted by Crippen LogP contribution is 2.29. The lowest BCUT2D eigenvalue weighted by Crippen LogP contribution is -2.58. The normalized spacial score (nSPS) is 20.2. The van der Waals surface area contributed by atoms with Gasteiger partial charge in [-0.1, -0.05) is 29.8 Å². The molecule has 166 valence electrons. The van der Waals surface area contributed by atoms with E-state index in [-0.39, 0.29) is 36.8 Å². The maximum atomic E-state index is 13.0. The van der Waals surface area contributed by atoms with Crippen LogP contribution in [0.5, 0.6) is 0 Å². The van der Waals surface area contributed by atoms with Crippen molar-refractivity contribution in [1.82, 2.24) is 15.5 Å². The summed E-state index contributed by atoms with van der Waals surface area (Å²) >= 11 is 0. The summed E-state index contributed by atoms with van der Waals surface area (Å²) in [5.74, 6) is -0.345. The van der Waals surface area contributed by atoms with Crippen LogP contribution in [0.4, 0.5) is 0 Å². The number of carbonyl (C=O) groups excluding carboxylic acids is 1. The SMILES string of the molecule is Cc1ccc(C(CNC(=O)C2(S(C)(=O)=O)CCNCC2)N2CCCC2)cc1.Cl.Cl. The van der Waals surface area contributed by atoms with E-state index in [4.69, 9.17) is 0 Å². The van der Waals surface area contributed by atoms with E-state index in [1.54, 1.807) is 0 Å². The first-order chi connectivity index (χ1) is 12.8. The number of halogens is 2. The number of amides is 1. The molecule has 0 radical (unpaired) electrons. The molecule has 0 saturated carbocycles. The third kappa shape index (κ3) is 5.85. The van der Waals surface area contributed by atoms with E-state index in [0.29, 0.717) is 32.5 Å². The second-order valence-corrected chi connectivity index (χ2v) is 10.2. The molecule has 2 heterocycles. The van der Waals surface area contributed by atoms with E-state index in [0.717, 1.165) is 25.9 Å². The van der Waals surface area contributed by atoms with Gasteiger partial charge in [0.1, 0.15) is 0 Å². The molecule has 2 aliphatic heterocycles. The van der Waals surface area contributed by atoms with E-state index in [2.05, 4.69) is 46.7 Å². The molecule has 2 saturated heterocycles. The number of nitrogens with one attached hydrogen (secondary N) is 2. The highest BCUT2D eigenvalue weighted by atomic mass is 35.5. The van der Waals surface area contributed by atoms with Gasteiger partial charge in [-0.25, -0.2) is 8.42 Å². The second-order valence-electron chi connectivity index (χ2n) is 7.90. The maximum absolute atomic E-state index is 13.0. The summed E-state index contributed by atoms with van der Waals surface area (Å²) in [6.07, 6.45) is 4.17. The van der Waals surface area contributed by atoms with Crippen molar-refractivity contribution in [3.63, 3.8) is 0 Å². The Hall–Kier alpha value is -0.860. The van der Waals surface area contributed by atoms with E-state index < -0.39 is 14.6 Å². The van der Waals surface area contributed by atoms with Crippen LogP contribution >= 0.6 is 24.8 Å². The number of hydrogen-bond donors (Lipinski definition) is 2. The van der Waals surface area contributed by atoms with Crippen LogP contribution in [0, 0.1) is 6.92 Å². The highest BCUT2D eigenvalue weighted by molar-refractivity contribution is 7.92. The average molecular weight is 466 g/mol. The van der Waals surface area contributed by atoms with E-state index in [1.165, 1.54) is 17.4 Å². The van der Waals surface area contributed by atoms with Crippen LogP contribution in [-0.2, 0) is 14.6 Å². The number of aryl methyl sites for hydroxylation is 1. The fraction of sp³-hybridized carbons (Fsp3) is 0.650. The zero-order chi connectivity index (χ0) is 19.5. The third-order valence-corrected chi connectivity index (χ3v) is 8.05. The standard InChI is InChI=1S/C20H31N3O3S.2ClH/c1-16-5-7-17(8-6-16)18(23-13-3-4-14-23)15-22-19(24)20(27(2,25)26)9-11-21-12-10-20;;/h5-8,18,21H,3-4,9-15H2,1-2H3,(H,22,24);2*1H. The van der Waals surface area contributed by atoms with Gasteiger partial charge in [-0.15, -0.1) is 24.8 Å². The molecule has 1 aromatic rings. The third-order valence-electron chi connectivity index (χ3n) is 6.03.